The molecule has 2 aromatic rings. The number of pyridine rings is 1. The molecule has 0 spiro atoms. The van der Waals surface area contributed by atoms with Gasteiger partial charge in [-0.15, -0.1) is 0 Å². The lowest BCUT2D eigenvalue weighted by atomic mass is 10.0. The number of carbonyl (C=O) groups excluding carboxylic acids is 1. The zero-order valence-electron chi connectivity index (χ0n) is 15.9. The van der Waals surface area contributed by atoms with Gasteiger partial charge in [0, 0.05) is 25.0 Å². The van der Waals surface area contributed by atoms with E-state index in [4.69, 9.17) is 9.47 Å². The van der Waals surface area contributed by atoms with Crippen molar-refractivity contribution in [1.29, 1.82) is 5.26 Å². The lowest BCUT2D eigenvalue weighted by Crippen LogP contribution is -2.26. The smallest absolute Gasteiger partial charge is 0.228 e. The zero-order chi connectivity index (χ0) is 19.5. The molecule has 4 rings (SSSR count). The summed E-state index contributed by atoms with van der Waals surface area (Å²) in [5.74, 6) is 1.70. The van der Waals surface area contributed by atoms with E-state index in [0.29, 0.717) is 36.3 Å². The first-order chi connectivity index (χ1) is 13.6. The fourth-order valence-corrected chi connectivity index (χ4v) is 3.46. The average Bonchev–Trinajstić information content (AvgIpc) is 3.46. The molecule has 2 atom stereocenters. The highest BCUT2D eigenvalue weighted by Gasteiger charge is 2.39. The van der Waals surface area contributed by atoms with Crippen LogP contribution in [0.1, 0.15) is 31.7 Å². The number of nitrogens with one attached hydrogen (secondary N) is 1. The molecule has 1 aliphatic carbocycles. The Balaban J connectivity index is 1.51. The van der Waals surface area contributed by atoms with Gasteiger partial charge in [0.2, 0.25) is 5.91 Å². The molecule has 6 heteroatoms. The van der Waals surface area contributed by atoms with E-state index in [-0.39, 0.29) is 17.9 Å². The topological polar surface area (TPSA) is 84.2 Å². The van der Waals surface area contributed by atoms with Crippen LogP contribution < -0.4 is 10.1 Å². The van der Waals surface area contributed by atoms with Gasteiger partial charge in [0.05, 0.1) is 18.8 Å². The van der Waals surface area contributed by atoms with E-state index in [0.717, 1.165) is 30.4 Å². The lowest BCUT2D eigenvalue weighted by Gasteiger charge is -2.23. The maximum atomic E-state index is 12.1. The quantitative estimate of drug-likeness (QED) is 0.857. The van der Waals surface area contributed by atoms with Gasteiger partial charge < -0.3 is 14.8 Å². The maximum Gasteiger partial charge on any atom is 0.228 e. The molecule has 6 nitrogen and oxygen atoms in total. The molecule has 1 aliphatic heterocycles. The van der Waals surface area contributed by atoms with Gasteiger partial charge in [-0.05, 0) is 47.7 Å². The monoisotopic (exact) mass is 377 g/mol. The number of hydrogen-bond acceptors (Lipinski definition) is 5. The van der Waals surface area contributed by atoms with Gasteiger partial charge in [-0.2, -0.15) is 5.26 Å². The van der Waals surface area contributed by atoms with Crippen LogP contribution in [-0.2, 0) is 9.53 Å². The molecule has 0 unspecified atom stereocenters. The molecular weight excluding hydrogens is 354 g/mol. The minimum Gasteiger partial charge on any atom is -0.489 e. The van der Waals surface area contributed by atoms with E-state index in [2.05, 4.69) is 23.3 Å². The summed E-state index contributed by atoms with van der Waals surface area (Å²) >= 11 is 0. The maximum absolute atomic E-state index is 12.1. The third-order valence-corrected chi connectivity index (χ3v) is 5.35. The van der Waals surface area contributed by atoms with Gasteiger partial charge in [-0.3, -0.25) is 4.79 Å². The van der Waals surface area contributed by atoms with Gasteiger partial charge in [0.1, 0.15) is 23.7 Å². The molecule has 1 saturated heterocycles. The van der Waals surface area contributed by atoms with E-state index in [1.54, 1.807) is 6.20 Å². The SMILES string of the molecule is C[C@@H]1C[C@H]1C(=O)Nc1cc(-c2ccc(OC3CCOCC3)c(C#N)c2)ccn1. The molecule has 1 amide bonds. The first-order valence-corrected chi connectivity index (χ1v) is 9.70. The highest BCUT2D eigenvalue weighted by atomic mass is 16.5. The average molecular weight is 377 g/mol. The molecule has 144 valence electrons. The summed E-state index contributed by atoms with van der Waals surface area (Å²) in [7, 11) is 0. The van der Waals surface area contributed by atoms with Gasteiger partial charge in [-0.1, -0.05) is 13.0 Å². The van der Waals surface area contributed by atoms with Crippen LogP contribution in [-0.4, -0.2) is 30.2 Å². The number of nitriles is 1. The van der Waals surface area contributed by atoms with Crippen molar-refractivity contribution >= 4 is 11.7 Å². The molecule has 2 fully saturated rings. The van der Waals surface area contributed by atoms with Crippen LogP contribution in [0.25, 0.3) is 11.1 Å². The highest BCUT2D eigenvalue weighted by molar-refractivity contribution is 5.94. The van der Waals surface area contributed by atoms with Crippen LogP contribution in [0.5, 0.6) is 5.75 Å². The number of hydrogen-bond donors (Lipinski definition) is 1. The number of ether oxygens (including phenoxy) is 2. The van der Waals surface area contributed by atoms with Crippen molar-refractivity contribution in [3.05, 3.63) is 42.1 Å². The van der Waals surface area contributed by atoms with Gasteiger partial charge >= 0.3 is 0 Å². The van der Waals surface area contributed by atoms with Crippen LogP contribution >= 0.6 is 0 Å². The second kappa shape index (κ2) is 7.99. The number of benzene rings is 1. The van der Waals surface area contributed by atoms with E-state index in [1.807, 2.05) is 30.3 Å². The van der Waals surface area contributed by atoms with Crippen LogP contribution in [0.4, 0.5) is 5.82 Å². The molecule has 0 radical (unpaired) electrons. The van der Waals surface area contributed by atoms with Crippen LogP contribution in [0, 0.1) is 23.2 Å². The van der Waals surface area contributed by atoms with Crippen LogP contribution in [0.3, 0.4) is 0 Å². The number of anilines is 1. The third-order valence-electron chi connectivity index (χ3n) is 5.35. The van der Waals surface area contributed by atoms with Crippen molar-refractivity contribution < 1.29 is 14.3 Å². The summed E-state index contributed by atoms with van der Waals surface area (Å²) in [5.41, 5.74) is 2.27. The Morgan fingerprint density at radius 3 is 2.71 bits per heavy atom. The lowest BCUT2D eigenvalue weighted by molar-refractivity contribution is -0.117. The number of carbonyl (C=O) groups is 1. The van der Waals surface area contributed by atoms with Crippen molar-refractivity contribution in [2.24, 2.45) is 11.8 Å². The second-order valence-corrected chi connectivity index (χ2v) is 7.49. The van der Waals surface area contributed by atoms with E-state index in [1.165, 1.54) is 0 Å². The number of aromatic nitrogens is 1. The summed E-state index contributed by atoms with van der Waals surface area (Å²) in [5, 5.41) is 12.4. The predicted molar refractivity (Wildman–Crippen MR) is 105 cm³/mol. The molecule has 1 aromatic heterocycles. The first kappa shape index (κ1) is 18.5. The van der Waals surface area contributed by atoms with Crippen molar-refractivity contribution in [2.45, 2.75) is 32.3 Å². The van der Waals surface area contributed by atoms with E-state index >= 15 is 0 Å². The van der Waals surface area contributed by atoms with E-state index in [9.17, 15) is 10.1 Å². The van der Waals surface area contributed by atoms with Gasteiger partial charge in [-0.25, -0.2) is 4.98 Å². The largest absolute Gasteiger partial charge is 0.489 e. The Bertz CT molecular complexity index is 915. The Morgan fingerprint density at radius 1 is 1.25 bits per heavy atom. The fourth-order valence-electron chi connectivity index (χ4n) is 3.46. The summed E-state index contributed by atoms with van der Waals surface area (Å²) in [6.45, 7) is 3.45. The number of nitrogens with zero attached hydrogens (tertiary/aromatic N) is 2. The molecule has 1 N–H and O–H groups in total. The fraction of sp³-hybridized carbons (Fsp3) is 0.409. The normalized spacial score (nSPS) is 21.6. The minimum atomic E-state index is 0.0232. The summed E-state index contributed by atoms with van der Waals surface area (Å²) in [4.78, 5) is 16.4. The third kappa shape index (κ3) is 4.15. The molecule has 1 aromatic carbocycles. The molecule has 2 aliphatic rings. The highest BCUT2D eigenvalue weighted by Crippen LogP contribution is 2.38. The number of rotatable bonds is 5. The predicted octanol–water partition coefficient (Wildman–Crippen LogP) is 3.77. The second-order valence-electron chi connectivity index (χ2n) is 7.49. The summed E-state index contributed by atoms with van der Waals surface area (Å²) in [6, 6.07) is 11.5. The van der Waals surface area contributed by atoms with Crippen LogP contribution in [0.2, 0.25) is 0 Å². The van der Waals surface area contributed by atoms with Crippen LogP contribution in [0.15, 0.2) is 36.5 Å². The Morgan fingerprint density at radius 2 is 2.00 bits per heavy atom. The molecule has 2 heterocycles. The van der Waals surface area contributed by atoms with Crippen molar-refractivity contribution in [2.75, 3.05) is 18.5 Å². The molecular formula is C22H23N3O3. The Labute approximate surface area is 164 Å². The summed E-state index contributed by atoms with van der Waals surface area (Å²) in [6.07, 6.45) is 4.35. The van der Waals surface area contributed by atoms with Crippen molar-refractivity contribution in [1.82, 2.24) is 4.98 Å². The molecule has 0 bridgehead atoms. The van der Waals surface area contributed by atoms with Gasteiger partial charge in [0.25, 0.3) is 0 Å². The molecule has 1 saturated carbocycles. The van der Waals surface area contributed by atoms with Crippen molar-refractivity contribution in [3.8, 4) is 22.9 Å². The molecule has 28 heavy (non-hydrogen) atoms. The van der Waals surface area contributed by atoms with Gasteiger partial charge in [0.15, 0.2) is 0 Å². The minimum absolute atomic E-state index is 0.0232. The Hall–Kier alpha value is -2.91. The first-order valence-electron chi connectivity index (χ1n) is 9.70. The summed E-state index contributed by atoms with van der Waals surface area (Å²) < 4.78 is 11.4. The standard InChI is InChI=1S/C22H23N3O3/c1-14-10-19(14)22(26)25-21-12-16(4-7-24-21)15-2-3-20(17(11-15)13-23)28-18-5-8-27-9-6-18/h2-4,7,11-12,14,18-19H,5-6,8-10H2,1H3,(H,24,25,26)/t14-,19-/m1/s1. The zero-order valence-corrected chi connectivity index (χ0v) is 15.9. The van der Waals surface area contributed by atoms with Crippen molar-refractivity contribution in [3.63, 3.8) is 0 Å². The Kier molecular flexibility index (Phi) is 5.27. The van der Waals surface area contributed by atoms with E-state index < -0.39 is 0 Å². The number of amides is 1.